The Kier molecular flexibility index (Phi) is 3.47. The first-order chi connectivity index (χ1) is 10.1. The van der Waals surface area contributed by atoms with Gasteiger partial charge in [0.15, 0.2) is 0 Å². The van der Waals surface area contributed by atoms with Gasteiger partial charge in [-0.05, 0) is 36.8 Å². The molecule has 0 atom stereocenters. The molecule has 0 unspecified atom stereocenters. The van der Waals surface area contributed by atoms with Crippen molar-refractivity contribution in [2.75, 3.05) is 14.2 Å². The van der Waals surface area contributed by atoms with Gasteiger partial charge in [0.05, 0.1) is 24.8 Å². The fourth-order valence-electron chi connectivity index (χ4n) is 2.29. The molecule has 1 aromatic heterocycles. The summed E-state index contributed by atoms with van der Waals surface area (Å²) in [4.78, 5) is 7.87. The molecule has 0 radical (unpaired) electrons. The third-order valence-corrected chi connectivity index (χ3v) is 3.60. The normalized spacial score (nSPS) is 10.9. The minimum Gasteiger partial charge on any atom is -0.497 e. The Morgan fingerprint density at radius 1 is 1.00 bits per heavy atom. The van der Waals surface area contributed by atoms with Crippen LogP contribution in [0.2, 0.25) is 5.02 Å². The summed E-state index contributed by atoms with van der Waals surface area (Å²) in [6.45, 7) is 2.00. The number of aromatic nitrogens is 2. The number of nitrogens with one attached hydrogen (secondary N) is 1. The Morgan fingerprint density at radius 2 is 1.67 bits per heavy atom. The maximum atomic E-state index is 6.25. The monoisotopic (exact) mass is 302 g/mol. The van der Waals surface area contributed by atoms with Crippen LogP contribution >= 0.6 is 11.6 Å². The Bertz CT molecular complexity index is 789. The van der Waals surface area contributed by atoms with Gasteiger partial charge < -0.3 is 14.5 Å². The number of ether oxygens (including phenoxy) is 2. The number of H-pyrrole nitrogens is 1. The molecule has 1 N–H and O–H groups in total. The van der Waals surface area contributed by atoms with E-state index in [0.29, 0.717) is 16.5 Å². The smallest absolute Gasteiger partial charge is 0.138 e. The molecule has 3 aromatic rings. The average molecular weight is 303 g/mol. The van der Waals surface area contributed by atoms with Crippen LogP contribution in [-0.4, -0.2) is 24.2 Å². The Hall–Kier alpha value is -2.20. The second kappa shape index (κ2) is 5.30. The van der Waals surface area contributed by atoms with E-state index >= 15 is 0 Å². The predicted octanol–water partition coefficient (Wildman–Crippen LogP) is 4.21. The maximum Gasteiger partial charge on any atom is 0.138 e. The molecule has 3 rings (SSSR count). The van der Waals surface area contributed by atoms with Gasteiger partial charge in [0.1, 0.15) is 22.8 Å². The lowest BCUT2D eigenvalue weighted by molar-refractivity contribution is 0.394. The maximum absolute atomic E-state index is 6.25. The molecule has 0 aliphatic heterocycles. The fourth-order valence-corrected chi connectivity index (χ4v) is 2.61. The van der Waals surface area contributed by atoms with E-state index in [1.807, 2.05) is 37.3 Å². The lowest BCUT2D eigenvalue weighted by Gasteiger charge is -2.06. The zero-order chi connectivity index (χ0) is 15.0. The highest BCUT2D eigenvalue weighted by Gasteiger charge is 2.11. The van der Waals surface area contributed by atoms with Crippen molar-refractivity contribution in [2.45, 2.75) is 6.92 Å². The van der Waals surface area contributed by atoms with Crippen molar-refractivity contribution in [1.29, 1.82) is 0 Å². The lowest BCUT2D eigenvalue weighted by Crippen LogP contribution is -1.89. The molecule has 0 spiro atoms. The lowest BCUT2D eigenvalue weighted by atomic mass is 10.2. The van der Waals surface area contributed by atoms with Crippen LogP contribution in [0.4, 0.5) is 0 Å². The van der Waals surface area contributed by atoms with Crippen LogP contribution in [0.15, 0.2) is 30.3 Å². The minimum atomic E-state index is 0.641. The van der Waals surface area contributed by atoms with Crippen molar-refractivity contribution in [1.82, 2.24) is 9.97 Å². The SMILES string of the molecule is COc1cc(OC)cc(-c2nc3c(Cl)cc(C)cc3[nH]2)c1. The molecule has 4 nitrogen and oxygen atoms in total. The second-order valence-corrected chi connectivity index (χ2v) is 5.24. The molecular weight excluding hydrogens is 288 g/mol. The number of aromatic amines is 1. The first-order valence-corrected chi connectivity index (χ1v) is 6.88. The number of rotatable bonds is 3. The van der Waals surface area contributed by atoms with Gasteiger partial charge in [0.25, 0.3) is 0 Å². The van der Waals surface area contributed by atoms with Gasteiger partial charge in [-0.25, -0.2) is 4.98 Å². The van der Waals surface area contributed by atoms with Crippen LogP contribution in [0.25, 0.3) is 22.4 Å². The molecule has 0 saturated carbocycles. The van der Waals surface area contributed by atoms with Gasteiger partial charge in [-0.15, -0.1) is 0 Å². The predicted molar refractivity (Wildman–Crippen MR) is 84.4 cm³/mol. The zero-order valence-electron chi connectivity index (χ0n) is 12.0. The van der Waals surface area contributed by atoms with Gasteiger partial charge in [-0.1, -0.05) is 11.6 Å². The summed E-state index contributed by atoms with van der Waals surface area (Å²) in [6, 6.07) is 9.56. The van der Waals surface area contributed by atoms with Crippen LogP contribution in [0, 0.1) is 6.92 Å². The second-order valence-electron chi connectivity index (χ2n) is 4.83. The van der Waals surface area contributed by atoms with Gasteiger partial charge in [0.2, 0.25) is 0 Å². The van der Waals surface area contributed by atoms with E-state index in [4.69, 9.17) is 21.1 Å². The number of methoxy groups -OCH3 is 2. The molecule has 1 heterocycles. The summed E-state index contributed by atoms with van der Waals surface area (Å²) in [5, 5.41) is 0.641. The van der Waals surface area contributed by atoms with Crippen molar-refractivity contribution in [3.63, 3.8) is 0 Å². The number of hydrogen-bond acceptors (Lipinski definition) is 3. The van der Waals surface area contributed by atoms with E-state index in [1.165, 1.54) is 0 Å². The molecule has 5 heteroatoms. The number of nitrogens with zero attached hydrogens (tertiary/aromatic N) is 1. The van der Waals surface area contributed by atoms with Crippen molar-refractivity contribution < 1.29 is 9.47 Å². The van der Waals surface area contributed by atoms with Crippen molar-refractivity contribution in [2.24, 2.45) is 0 Å². The number of benzene rings is 2. The van der Waals surface area contributed by atoms with Gasteiger partial charge in [-0.2, -0.15) is 0 Å². The molecule has 2 aromatic carbocycles. The van der Waals surface area contributed by atoms with E-state index in [9.17, 15) is 0 Å². The first kappa shape index (κ1) is 13.8. The largest absolute Gasteiger partial charge is 0.497 e. The number of halogens is 1. The topological polar surface area (TPSA) is 47.1 Å². The molecule has 0 fully saturated rings. The molecule has 0 saturated heterocycles. The summed E-state index contributed by atoms with van der Waals surface area (Å²) in [5.41, 5.74) is 3.65. The molecule has 0 bridgehead atoms. The molecule has 108 valence electrons. The highest BCUT2D eigenvalue weighted by Crippen LogP contribution is 2.31. The van der Waals surface area contributed by atoms with Crippen LogP contribution < -0.4 is 9.47 Å². The Morgan fingerprint density at radius 3 is 2.29 bits per heavy atom. The Balaban J connectivity index is 2.18. The van der Waals surface area contributed by atoms with Gasteiger partial charge >= 0.3 is 0 Å². The average Bonchev–Trinajstić information content (AvgIpc) is 2.91. The Labute approximate surface area is 127 Å². The standard InChI is InChI=1S/C16H15ClN2O2/c1-9-4-13(17)15-14(5-9)18-16(19-15)10-6-11(20-2)8-12(7-10)21-3/h4-8H,1-3H3,(H,18,19). The van der Waals surface area contributed by atoms with Crippen molar-refractivity contribution >= 4 is 22.6 Å². The van der Waals surface area contributed by atoms with Gasteiger partial charge in [0, 0.05) is 11.6 Å². The summed E-state index contributed by atoms with van der Waals surface area (Å²) < 4.78 is 10.6. The third-order valence-electron chi connectivity index (χ3n) is 3.31. The fraction of sp³-hybridized carbons (Fsp3) is 0.188. The van der Waals surface area contributed by atoms with Crippen LogP contribution in [-0.2, 0) is 0 Å². The van der Waals surface area contributed by atoms with E-state index in [2.05, 4.69) is 9.97 Å². The van der Waals surface area contributed by atoms with Crippen LogP contribution in [0.5, 0.6) is 11.5 Å². The highest BCUT2D eigenvalue weighted by molar-refractivity contribution is 6.35. The highest BCUT2D eigenvalue weighted by atomic mass is 35.5. The summed E-state index contributed by atoms with van der Waals surface area (Å²) >= 11 is 6.25. The number of fused-ring (bicyclic) bond motifs is 1. The quantitative estimate of drug-likeness (QED) is 0.788. The molecule has 21 heavy (non-hydrogen) atoms. The number of imidazole rings is 1. The summed E-state index contributed by atoms with van der Waals surface area (Å²) in [5.74, 6) is 2.16. The zero-order valence-corrected chi connectivity index (χ0v) is 12.8. The van der Waals surface area contributed by atoms with E-state index in [-0.39, 0.29) is 0 Å². The molecule has 0 aliphatic rings. The summed E-state index contributed by atoms with van der Waals surface area (Å²) in [7, 11) is 3.24. The van der Waals surface area contributed by atoms with E-state index < -0.39 is 0 Å². The van der Waals surface area contributed by atoms with Crippen molar-refractivity contribution in [3.8, 4) is 22.9 Å². The van der Waals surface area contributed by atoms with E-state index in [0.717, 1.165) is 28.0 Å². The van der Waals surface area contributed by atoms with Crippen LogP contribution in [0.3, 0.4) is 0 Å². The van der Waals surface area contributed by atoms with Crippen LogP contribution in [0.1, 0.15) is 5.56 Å². The van der Waals surface area contributed by atoms with Crippen molar-refractivity contribution in [3.05, 3.63) is 40.9 Å². The third kappa shape index (κ3) is 2.54. The number of hydrogen-bond donors (Lipinski definition) is 1. The molecule has 0 aliphatic carbocycles. The van der Waals surface area contributed by atoms with Gasteiger partial charge in [-0.3, -0.25) is 0 Å². The van der Waals surface area contributed by atoms with E-state index in [1.54, 1.807) is 14.2 Å². The molecule has 0 amide bonds. The minimum absolute atomic E-state index is 0.641. The summed E-state index contributed by atoms with van der Waals surface area (Å²) in [6.07, 6.45) is 0. The molecular formula is C16H15ClN2O2. The first-order valence-electron chi connectivity index (χ1n) is 6.50. The number of aryl methyl sites for hydroxylation is 1.